The Bertz CT molecular complexity index is 641. The number of nitrogen functional groups attached to an aromatic ring is 1. The summed E-state index contributed by atoms with van der Waals surface area (Å²) in [6.45, 7) is 4.27. The number of carbonyl (C=O) groups is 1. The molecule has 1 aromatic carbocycles. The molecule has 2 aromatic rings. The minimum Gasteiger partial charge on any atom is -0.497 e. The van der Waals surface area contributed by atoms with Crippen molar-refractivity contribution in [2.75, 3.05) is 19.5 Å². The highest BCUT2D eigenvalue weighted by molar-refractivity contribution is 8.00. The van der Waals surface area contributed by atoms with Crippen LogP contribution in [0.3, 0.4) is 0 Å². The first-order valence-electron chi connectivity index (χ1n) is 6.86. The Balaban J connectivity index is 2.16. The summed E-state index contributed by atoms with van der Waals surface area (Å²) in [5, 5.41) is 11.1. The van der Waals surface area contributed by atoms with Crippen molar-refractivity contribution in [3.8, 4) is 17.1 Å². The fraction of sp³-hybridized carbons (Fsp3) is 0.357. The van der Waals surface area contributed by atoms with Gasteiger partial charge in [-0.25, -0.2) is 4.68 Å². The first kappa shape index (κ1) is 16.2. The van der Waals surface area contributed by atoms with E-state index in [1.54, 1.807) is 14.0 Å². The number of hydrogen-bond donors (Lipinski definition) is 2. The SMILES string of the molecule is CCNC(=O)[C@H](C)Sc1nnc(-c2ccc(OC)cc2)n1N. The maximum Gasteiger partial charge on any atom is 0.233 e. The molecule has 1 aromatic heterocycles. The standard InChI is InChI=1S/C14H19N5O2S/c1-4-16-13(20)9(2)22-14-18-17-12(19(14)15)10-5-7-11(21-3)8-6-10/h5-9H,4,15H2,1-3H3,(H,16,20)/t9-/m0/s1. The smallest absolute Gasteiger partial charge is 0.233 e. The van der Waals surface area contributed by atoms with E-state index in [1.807, 2.05) is 31.2 Å². The Labute approximate surface area is 133 Å². The van der Waals surface area contributed by atoms with Gasteiger partial charge in [0.25, 0.3) is 0 Å². The van der Waals surface area contributed by atoms with Crippen molar-refractivity contribution in [3.63, 3.8) is 0 Å². The third kappa shape index (κ3) is 3.51. The van der Waals surface area contributed by atoms with Gasteiger partial charge in [0.1, 0.15) is 5.75 Å². The number of nitrogens with zero attached hydrogens (tertiary/aromatic N) is 3. The van der Waals surface area contributed by atoms with Crippen LogP contribution in [0.4, 0.5) is 0 Å². The lowest BCUT2D eigenvalue weighted by molar-refractivity contribution is -0.120. The highest BCUT2D eigenvalue weighted by atomic mass is 32.2. The average Bonchev–Trinajstić information content (AvgIpc) is 2.88. The molecule has 8 heteroatoms. The molecule has 0 saturated carbocycles. The van der Waals surface area contributed by atoms with Crippen molar-refractivity contribution in [3.05, 3.63) is 24.3 Å². The second-order valence-corrected chi connectivity index (χ2v) is 5.87. The van der Waals surface area contributed by atoms with Gasteiger partial charge in [0, 0.05) is 12.1 Å². The molecule has 1 heterocycles. The second-order valence-electron chi connectivity index (χ2n) is 4.56. The van der Waals surface area contributed by atoms with Gasteiger partial charge in [-0.3, -0.25) is 4.79 Å². The number of carbonyl (C=O) groups excluding carboxylic acids is 1. The second kappa shape index (κ2) is 7.17. The Morgan fingerprint density at radius 2 is 2.09 bits per heavy atom. The van der Waals surface area contributed by atoms with Crippen LogP contribution in [0, 0.1) is 0 Å². The molecule has 0 saturated heterocycles. The quantitative estimate of drug-likeness (QED) is 0.615. The van der Waals surface area contributed by atoms with Gasteiger partial charge in [-0.15, -0.1) is 10.2 Å². The number of methoxy groups -OCH3 is 1. The topological polar surface area (TPSA) is 95.1 Å². The predicted molar refractivity (Wildman–Crippen MR) is 86.2 cm³/mol. The van der Waals surface area contributed by atoms with Crippen LogP contribution in [0.1, 0.15) is 13.8 Å². The van der Waals surface area contributed by atoms with Gasteiger partial charge in [0.2, 0.25) is 11.1 Å². The van der Waals surface area contributed by atoms with Crippen molar-refractivity contribution in [1.82, 2.24) is 20.2 Å². The summed E-state index contributed by atoms with van der Waals surface area (Å²) in [5.41, 5.74) is 0.827. The summed E-state index contributed by atoms with van der Waals surface area (Å²) in [6, 6.07) is 7.37. The number of nitrogens with two attached hydrogens (primary N) is 1. The highest BCUT2D eigenvalue weighted by Gasteiger charge is 2.19. The van der Waals surface area contributed by atoms with Crippen LogP contribution in [0.2, 0.25) is 0 Å². The summed E-state index contributed by atoms with van der Waals surface area (Å²) < 4.78 is 6.51. The number of hydrogen-bond acceptors (Lipinski definition) is 6. The summed E-state index contributed by atoms with van der Waals surface area (Å²) in [5.74, 6) is 7.27. The van der Waals surface area contributed by atoms with Crippen molar-refractivity contribution in [2.45, 2.75) is 24.3 Å². The van der Waals surface area contributed by atoms with E-state index in [9.17, 15) is 4.79 Å². The zero-order valence-corrected chi connectivity index (χ0v) is 13.6. The summed E-state index contributed by atoms with van der Waals surface area (Å²) >= 11 is 1.27. The maximum atomic E-state index is 11.8. The molecule has 0 aliphatic heterocycles. The van der Waals surface area contributed by atoms with Gasteiger partial charge >= 0.3 is 0 Å². The summed E-state index contributed by atoms with van der Waals surface area (Å²) in [6.07, 6.45) is 0. The molecule has 1 atom stereocenters. The van der Waals surface area contributed by atoms with E-state index in [2.05, 4.69) is 15.5 Å². The molecule has 0 bridgehead atoms. The summed E-state index contributed by atoms with van der Waals surface area (Å²) in [4.78, 5) is 11.8. The van der Waals surface area contributed by atoms with Gasteiger partial charge in [-0.2, -0.15) is 0 Å². The minimum absolute atomic E-state index is 0.0542. The number of nitrogens with one attached hydrogen (secondary N) is 1. The Kier molecular flexibility index (Phi) is 5.26. The molecule has 0 unspecified atom stereocenters. The molecule has 1 amide bonds. The van der Waals surface area contributed by atoms with Crippen LogP contribution in [-0.2, 0) is 4.79 Å². The van der Waals surface area contributed by atoms with Gasteiger partial charge < -0.3 is 15.9 Å². The lowest BCUT2D eigenvalue weighted by Gasteiger charge is -2.10. The number of ether oxygens (including phenoxy) is 1. The first-order chi connectivity index (χ1) is 10.6. The maximum absolute atomic E-state index is 11.8. The van der Waals surface area contributed by atoms with E-state index in [1.165, 1.54) is 16.4 Å². The molecular formula is C14H19N5O2S. The number of thioether (sulfide) groups is 1. The largest absolute Gasteiger partial charge is 0.497 e. The fourth-order valence-electron chi connectivity index (χ4n) is 1.82. The number of amides is 1. The fourth-order valence-corrected chi connectivity index (χ4v) is 2.62. The van der Waals surface area contributed by atoms with Crippen molar-refractivity contribution in [2.24, 2.45) is 0 Å². The lowest BCUT2D eigenvalue weighted by Crippen LogP contribution is -2.31. The molecule has 0 aliphatic carbocycles. The normalized spacial score (nSPS) is 12.0. The number of benzene rings is 1. The molecule has 7 nitrogen and oxygen atoms in total. The molecular weight excluding hydrogens is 302 g/mol. The van der Waals surface area contributed by atoms with E-state index >= 15 is 0 Å². The van der Waals surface area contributed by atoms with E-state index in [4.69, 9.17) is 10.6 Å². The van der Waals surface area contributed by atoms with Crippen LogP contribution in [0.15, 0.2) is 29.4 Å². The van der Waals surface area contributed by atoms with E-state index in [0.29, 0.717) is 17.5 Å². The Morgan fingerprint density at radius 1 is 1.41 bits per heavy atom. The summed E-state index contributed by atoms with van der Waals surface area (Å²) in [7, 11) is 1.61. The molecule has 0 radical (unpaired) electrons. The van der Waals surface area contributed by atoms with Crippen molar-refractivity contribution in [1.29, 1.82) is 0 Å². The van der Waals surface area contributed by atoms with E-state index in [0.717, 1.165) is 11.3 Å². The van der Waals surface area contributed by atoms with Gasteiger partial charge in [-0.1, -0.05) is 11.8 Å². The number of rotatable bonds is 6. The van der Waals surface area contributed by atoms with Gasteiger partial charge in [0.15, 0.2) is 5.82 Å². The first-order valence-corrected chi connectivity index (χ1v) is 7.74. The highest BCUT2D eigenvalue weighted by Crippen LogP contribution is 2.25. The molecule has 0 fully saturated rings. The minimum atomic E-state index is -0.296. The lowest BCUT2D eigenvalue weighted by atomic mass is 10.2. The monoisotopic (exact) mass is 321 g/mol. The Morgan fingerprint density at radius 3 is 2.68 bits per heavy atom. The third-order valence-electron chi connectivity index (χ3n) is 3.02. The van der Waals surface area contributed by atoms with E-state index in [-0.39, 0.29) is 11.2 Å². The third-order valence-corrected chi connectivity index (χ3v) is 4.07. The molecule has 2 rings (SSSR count). The predicted octanol–water partition coefficient (Wildman–Crippen LogP) is 1.28. The van der Waals surface area contributed by atoms with Gasteiger partial charge in [0.05, 0.1) is 12.4 Å². The zero-order valence-electron chi connectivity index (χ0n) is 12.7. The van der Waals surface area contributed by atoms with Gasteiger partial charge in [-0.05, 0) is 38.1 Å². The average molecular weight is 321 g/mol. The Hall–Kier alpha value is -2.22. The van der Waals surface area contributed by atoms with Crippen LogP contribution in [-0.4, -0.2) is 39.7 Å². The van der Waals surface area contributed by atoms with Crippen LogP contribution in [0.5, 0.6) is 5.75 Å². The van der Waals surface area contributed by atoms with Crippen molar-refractivity contribution >= 4 is 17.7 Å². The molecule has 0 aliphatic rings. The molecule has 0 spiro atoms. The molecule has 22 heavy (non-hydrogen) atoms. The molecule has 3 N–H and O–H groups in total. The van der Waals surface area contributed by atoms with Crippen LogP contribution >= 0.6 is 11.8 Å². The van der Waals surface area contributed by atoms with E-state index < -0.39 is 0 Å². The van der Waals surface area contributed by atoms with Crippen LogP contribution < -0.4 is 15.9 Å². The van der Waals surface area contributed by atoms with Crippen molar-refractivity contribution < 1.29 is 9.53 Å². The van der Waals surface area contributed by atoms with Crippen LogP contribution in [0.25, 0.3) is 11.4 Å². The zero-order chi connectivity index (χ0) is 16.1. The number of aromatic nitrogens is 3. The molecule has 118 valence electrons.